The van der Waals surface area contributed by atoms with E-state index >= 15 is 0 Å². The molecule has 1 aliphatic rings. The second-order valence-electron chi connectivity index (χ2n) is 4.55. The molecule has 17 heavy (non-hydrogen) atoms. The fourth-order valence-corrected chi connectivity index (χ4v) is 1.67. The summed E-state index contributed by atoms with van der Waals surface area (Å²) >= 11 is 0. The van der Waals surface area contributed by atoms with Gasteiger partial charge in [0.1, 0.15) is 18.1 Å². The summed E-state index contributed by atoms with van der Waals surface area (Å²) in [6, 6.07) is 7.33. The second-order valence-corrected chi connectivity index (χ2v) is 4.55. The Morgan fingerprint density at radius 2 is 1.88 bits per heavy atom. The Labute approximate surface area is 101 Å². The molecule has 1 fully saturated rings. The third kappa shape index (κ3) is 3.70. The molecule has 1 aliphatic carbocycles. The first-order chi connectivity index (χ1) is 8.15. The molecule has 0 aromatic heterocycles. The molecule has 1 saturated carbocycles. The Morgan fingerprint density at radius 1 is 1.24 bits per heavy atom. The number of carbonyl (C=O) groups is 2. The van der Waals surface area contributed by atoms with E-state index in [4.69, 9.17) is 4.74 Å². The second kappa shape index (κ2) is 5.13. The molecule has 0 amide bonds. The highest BCUT2D eigenvalue weighted by molar-refractivity contribution is 5.84. The minimum absolute atomic E-state index is 0.141. The quantitative estimate of drug-likeness (QED) is 0.755. The fourth-order valence-electron chi connectivity index (χ4n) is 1.67. The normalized spacial score (nSPS) is 14.4. The molecule has 0 unspecified atom stereocenters. The fraction of sp³-hybridized carbons (Fsp3) is 0.429. The van der Waals surface area contributed by atoms with Gasteiger partial charge in [-0.25, -0.2) is 0 Å². The zero-order chi connectivity index (χ0) is 12.3. The number of hydrogen-bond donors (Lipinski definition) is 0. The topological polar surface area (TPSA) is 43.4 Å². The van der Waals surface area contributed by atoms with Crippen LogP contribution in [0.2, 0.25) is 0 Å². The van der Waals surface area contributed by atoms with E-state index < -0.39 is 0 Å². The summed E-state index contributed by atoms with van der Waals surface area (Å²) in [5.41, 5.74) is 0.971. The van der Waals surface area contributed by atoms with E-state index in [0.29, 0.717) is 12.2 Å². The van der Waals surface area contributed by atoms with Gasteiger partial charge in [-0.1, -0.05) is 12.1 Å². The maximum atomic E-state index is 11.4. The number of Topliss-reactive ketones (excluding diaryl/α,β-unsaturated/α-hetero) is 2. The number of rotatable bonds is 6. The van der Waals surface area contributed by atoms with Crippen LogP contribution in [0, 0.1) is 5.92 Å². The molecule has 0 atom stereocenters. The number of ether oxygens (including phenoxy) is 1. The van der Waals surface area contributed by atoms with Crippen molar-refractivity contribution in [2.45, 2.75) is 26.2 Å². The van der Waals surface area contributed by atoms with E-state index in [1.807, 2.05) is 12.1 Å². The van der Waals surface area contributed by atoms with E-state index in [9.17, 15) is 9.59 Å². The third-order valence-electron chi connectivity index (χ3n) is 2.79. The van der Waals surface area contributed by atoms with Crippen LogP contribution in [-0.2, 0) is 16.0 Å². The predicted octanol–water partition coefficient (Wildman–Crippen LogP) is 2.18. The number of hydrogen-bond acceptors (Lipinski definition) is 3. The molecule has 0 radical (unpaired) electrons. The highest BCUT2D eigenvalue weighted by atomic mass is 16.5. The van der Waals surface area contributed by atoms with Crippen LogP contribution < -0.4 is 4.74 Å². The molecule has 0 bridgehead atoms. The third-order valence-corrected chi connectivity index (χ3v) is 2.79. The highest BCUT2D eigenvalue weighted by Gasteiger charge is 2.29. The Hall–Kier alpha value is -1.64. The minimum Gasteiger partial charge on any atom is -0.486 e. The summed E-state index contributed by atoms with van der Waals surface area (Å²) in [7, 11) is 0. The van der Waals surface area contributed by atoms with Gasteiger partial charge >= 0.3 is 0 Å². The van der Waals surface area contributed by atoms with E-state index in [-0.39, 0.29) is 24.1 Å². The molecule has 0 heterocycles. The van der Waals surface area contributed by atoms with E-state index in [1.54, 1.807) is 19.1 Å². The van der Waals surface area contributed by atoms with E-state index in [0.717, 1.165) is 18.4 Å². The summed E-state index contributed by atoms with van der Waals surface area (Å²) in [6.07, 6.45) is 2.47. The average Bonchev–Trinajstić information content (AvgIpc) is 3.11. The van der Waals surface area contributed by atoms with Crippen molar-refractivity contribution in [1.82, 2.24) is 0 Å². The molecule has 1 aromatic rings. The molecule has 0 saturated heterocycles. The lowest BCUT2D eigenvalue weighted by atomic mass is 10.1. The van der Waals surface area contributed by atoms with Crippen LogP contribution in [0.4, 0.5) is 0 Å². The van der Waals surface area contributed by atoms with Gasteiger partial charge in [-0.05, 0) is 37.5 Å². The molecular weight excluding hydrogens is 216 g/mol. The molecule has 0 aliphatic heterocycles. The maximum absolute atomic E-state index is 11.4. The Kier molecular flexibility index (Phi) is 3.57. The smallest absolute Gasteiger partial charge is 0.173 e. The monoisotopic (exact) mass is 232 g/mol. The van der Waals surface area contributed by atoms with Gasteiger partial charge in [-0.2, -0.15) is 0 Å². The Morgan fingerprint density at radius 3 is 2.41 bits per heavy atom. The van der Waals surface area contributed by atoms with Crippen LogP contribution in [0.3, 0.4) is 0 Å². The van der Waals surface area contributed by atoms with Crippen molar-refractivity contribution in [3.8, 4) is 5.75 Å². The van der Waals surface area contributed by atoms with E-state index in [1.165, 1.54) is 0 Å². The highest BCUT2D eigenvalue weighted by Crippen LogP contribution is 2.29. The van der Waals surface area contributed by atoms with Gasteiger partial charge < -0.3 is 4.74 Å². The molecule has 0 N–H and O–H groups in total. The lowest BCUT2D eigenvalue weighted by Gasteiger charge is -2.05. The van der Waals surface area contributed by atoms with Gasteiger partial charge in [0.15, 0.2) is 5.78 Å². The zero-order valence-electron chi connectivity index (χ0n) is 9.94. The van der Waals surface area contributed by atoms with Gasteiger partial charge in [0.25, 0.3) is 0 Å². The van der Waals surface area contributed by atoms with Gasteiger partial charge in [-0.3, -0.25) is 9.59 Å². The molecule has 2 rings (SSSR count). The molecular formula is C14H16O3. The first kappa shape index (κ1) is 11.8. The summed E-state index contributed by atoms with van der Waals surface area (Å²) in [6.45, 7) is 1.73. The van der Waals surface area contributed by atoms with Crippen LogP contribution in [0.25, 0.3) is 0 Å². The van der Waals surface area contributed by atoms with Crippen molar-refractivity contribution < 1.29 is 14.3 Å². The van der Waals surface area contributed by atoms with Gasteiger partial charge in [0.2, 0.25) is 0 Å². The zero-order valence-corrected chi connectivity index (χ0v) is 9.94. The minimum atomic E-state index is 0.141. The molecule has 90 valence electrons. The van der Waals surface area contributed by atoms with Crippen molar-refractivity contribution in [2.75, 3.05) is 6.61 Å². The SMILES string of the molecule is CC(=O)Cc1ccc(OCC(=O)C2CC2)cc1. The maximum Gasteiger partial charge on any atom is 0.173 e. The number of carbonyl (C=O) groups excluding carboxylic acids is 2. The van der Waals surface area contributed by atoms with Crippen molar-refractivity contribution >= 4 is 11.6 Å². The van der Waals surface area contributed by atoms with Crippen LogP contribution in [0.15, 0.2) is 24.3 Å². The van der Waals surface area contributed by atoms with Crippen molar-refractivity contribution in [3.05, 3.63) is 29.8 Å². The lowest BCUT2D eigenvalue weighted by molar-refractivity contribution is -0.122. The number of benzene rings is 1. The summed E-state index contributed by atoms with van der Waals surface area (Å²) in [5.74, 6) is 1.26. The van der Waals surface area contributed by atoms with Gasteiger partial charge in [0, 0.05) is 12.3 Å². The van der Waals surface area contributed by atoms with Crippen LogP contribution in [-0.4, -0.2) is 18.2 Å². The summed E-state index contributed by atoms with van der Waals surface area (Å²) in [5, 5.41) is 0. The first-order valence-corrected chi connectivity index (χ1v) is 5.89. The van der Waals surface area contributed by atoms with Crippen molar-refractivity contribution in [2.24, 2.45) is 5.92 Å². The number of ketones is 2. The Bertz CT molecular complexity index is 416. The first-order valence-electron chi connectivity index (χ1n) is 5.89. The summed E-state index contributed by atoms with van der Waals surface area (Å²) < 4.78 is 5.39. The molecule has 1 aromatic carbocycles. The van der Waals surface area contributed by atoms with Crippen molar-refractivity contribution in [3.63, 3.8) is 0 Å². The largest absolute Gasteiger partial charge is 0.486 e. The van der Waals surface area contributed by atoms with Crippen LogP contribution >= 0.6 is 0 Å². The van der Waals surface area contributed by atoms with Gasteiger partial charge in [-0.15, -0.1) is 0 Å². The lowest BCUT2D eigenvalue weighted by Crippen LogP contribution is -2.12. The van der Waals surface area contributed by atoms with Crippen LogP contribution in [0.1, 0.15) is 25.3 Å². The van der Waals surface area contributed by atoms with Crippen molar-refractivity contribution in [1.29, 1.82) is 0 Å². The van der Waals surface area contributed by atoms with Crippen LogP contribution in [0.5, 0.6) is 5.75 Å². The standard InChI is InChI=1S/C14H16O3/c1-10(15)8-11-2-6-13(7-3-11)17-9-14(16)12-4-5-12/h2-3,6-7,12H,4-5,8-9H2,1H3. The average molecular weight is 232 g/mol. The Balaban J connectivity index is 1.84. The molecule has 3 heteroatoms. The molecule has 0 spiro atoms. The predicted molar refractivity (Wildman–Crippen MR) is 64.1 cm³/mol. The molecule has 3 nitrogen and oxygen atoms in total. The summed E-state index contributed by atoms with van der Waals surface area (Å²) in [4.78, 5) is 22.3. The van der Waals surface area contributed by atoms with Gasteiger partial charge in [0.05, 0.1) is 0 Å². The van der Waals surface area contributed by atoms with E-state index in [2.05, 4.69) is 0 Å².